The molecule has 0 amide bonds. The minimum Gasteiger partial charge on any atom is -0.478 e. The van der Waals surface area contributed by atoms with Gasteiger partial charge in [-0.05, 0) is 53.4 Å². The summed E-state index contributed by atoms with van der Waals surface area (Å²) in [5, 5.41) is 9.59. The summed E-state index contributed by atoms with van der Waals surface area (Å²) < 4.78 is 5.18. The Bertz CT molecular complexity index is 1050. The molecular weight excluding hydrogens is 520 g/mol. The van der Waals surface area contributed by atoms with Gasteiger partial charge in [0.15, 0.2) is 0 Å². The lowest BCUT2D eigenvalue weighted by Gasteiger charge is -2.29. The molecule has 0 aromatic heterocycles. The van der Waals surface area contributed by atoms with E-state index in [2.05, 4.69) is 27.7 Å². The monoisotopic (exact) mass is 576 g/mol. The van der Waals surface area contributed by atoms with E-state index in [1.165, 1.54) is 44.6 Å². The lowest BCUT2D eigenvalue weighted by molar-refractivity contribution is -0.138. The molecule has 0 fully saturated rings. The van der Waals surface area contributed by atoms with E-state index in [0.29, 0.717) is 18.1 Å². The van der Waals surface area contributed by atoms with Gasteiger partial charge in [-0.15, -0.1) is 0 Å². The fraction of sp³-hybridized carbons (Fsp3) is 0.526. The summed E-state index contributed by atoms with van der Waals surface area (Å²) in [6.07, 6.45) is 16.8. The highest BCUT2D eigenvalue weighted by atomic mass is 16.5. The number of carbonyl (C=O) groups excluding carboxylic acids is 1. The van der Waals surface area contributed by atoms with Crippen LogP contribution in [-0.2, 0) is 14.3 Å². The summed E-state index contributed by atoms with van der Waals surface area (Å²) in [5.41, 5.74) is 2.13. The third kappa shape index (κ3) is 17.6. The Morgan fingerprint density at radius 3 is 1.95 bits per heavy atom. The smallest absolute Gasteiger partial charge is 0.332 e. The molecule has 1 atom stereocenters. The molecule has 0 saturated carbocycles. The van der Waals surface area contributed by atoms with Gasteiger partial charge in [0, 0.05) is 11.6 Å². The molecule has 2 aromatic carbocycles. The lowest BCUT2D eigenvalue weighted by atomic mass is 9.75. The molecule has 0 bridgehead atoms. The highest BCUT2D eigenvalue weighted by Gasteiger charge is 2.30. The minimum atomic E-state index is -0.813. The van der Waals surface area contributed by atoms with Gasteiger partial charge in [-0.2, -0.15) is 0 Å². The van der Waals surface area contributed by atoms with Gasteiger partial charge >= 0.3 is 11.9 Å². The largest absolute Gasteiger partial charge is 0.478 e. The first-order valence-electron chi connectivity index (χ1n) is 16.0. The van der Waals surface area contributed by atoms with Crippen LogP contribution in [0, 0.1) is 17.3 Å². The molecule has 232 valence electrons. The van der Waals surface area contributed by atoms with Crippen molar-refractivity contribution in [2.45, 2.75) is 106 Å². The number of carboxylic acid groups (broad SMARTS) is 1. The van der Waals surface area contributed by atoms with E-state index in [-0.39, 0.29) is 11.4 Å². The SMILES string of the molecule is CC(C)CCCCCCCOC(=O)C=Cc1ccccc1.CCCCC(C)CC(C)(C)C(=Cc1ccccc1)C(=O)O. The molecule has 42 heavy (non-hydrogen) atoms. The number of benzene rings is 2. The predicted octanol–water partition coefficient (Wildman–Crippen LogP) is 10.6. The van der Waals surface area contributed by atoms with Crippen molar-refractivity contribution < 1.29 is 19.4 Å². The molecule has 0 aliphatic heterocycles. The van der Waals surface area contributed by atoms with Gasteiger partial charge in [-0.25, -0.2) is 9.59 Å². The summed E-state index contributed by atoms with van der Waals surface area (Å²) >= 11 is 0. The maximum absolute atomic E-state index is 11.7. The number of carboxylic acids is 1. The quantitative estimate of drug-likeness (QED) is 0.109. The second-order valence-electron chi connectivity index (χ2n) is 12.5. The molecule has 0 aliphatic carbocycles. The van der Waals surface area contributed by atoms with Crippen LogP contribution in [0.15, 0.2) is 72.3 Å². The summed E-state index contributed by atoms with van der Waals surface area (Å²) in [6.45, 7) is 13.6. The van der Waals surface area contributed by atoms with E-state index in [9.17, 15) is 14.7 Å². The highest BCUT2D eigenvalue weighted by molar-refractivity contribution is 5.93. The van der Waals surface area contributed by atoms with Gasteiger partial charge in [0.05, 0.1) is 6.61 Å². The van der Waals surface area contributed by atoms with E-state index < -0.39 is 5.97 Å². The maximum atomic E-state index is 11.7. The zero-order valence-electron chi connectivity index (χ0n) is 27.1. The maximum Gasteiger partial charge on any atom is 0.332 e. The van der Waals surface area contributed by atoms with Gasteiger partial charge in [0.2, 0.25) is 0 Å². The zero-order chi connectivity index (χ0) is 31.2. The van der Waals surface area contributed by atoms with Gasteiger partial charge < -0.3 is 9.84 Å². The van der Waals surface area contributed by atoms with E-state index in [4.69, 9.17) is 4.74 Å². The second-order valence-corrected chi connectivity index (χ2v) is 12.5. The standard InChI is InChI=1S/2C19H28O2/c1-5-6-10-15(2)14-19(3,4)17(18(20)21)13-16-11-8-7-9-12-16;1-17(2)11-7-4-3-5-10-16-21-19(20)15-14-18-12-8-6-9-13-18/h7-9,11-13,15H,5-6,10,14H2,1-4H3,(H,20,21);6,8-9,12-15,17H,3-5,7,10-11,16H2,1-2H3. The second kappa shape index (κ2) is 21.5. The molecule has 1 unspecified atom stereocenters. The molecule has 0 heterocycles. The molecule has 0 aliphatic rings. The first-order valence-corrected chi connectivity index (χ1v) is 16.0. The van der Waals surface area contributed by atoms with Crippen LogP contribution in [-0.4, -0.2) is 23.7 Å². The molecule has 1 N–H and O–H groups in total. The number of hydrogen-bond donors (Lipinski definition) is 1. The average molecular weight is 577 g/mol. The van der Waals surface area contributed by atoms with Gasteiger partial charge in [0.1, 0.15) is 0 Å². The number of unbranched alkanes of at least 4 members (excludes halogenated alkanes) is 5. The average Bonchev–Trinajstić information content (AvgIpc) is 2.96. The molecular formula is C38H56O4. The van der Waals surface area contributed by atoms with Crippen molar-refractivity contribution in [3.05, 3.63) is 83.4 Å². The normalized spacial score (nSPS) is 12.6. The van der Waals surface area contributed by atoms with E-state index >= 15 is 0 Å². The molecule has 0 radical (unpaired) electrons. The van der Waals surface area contributed by atoms with Gasteiger partial charge in [-0.1, -0.05) is 154 Å². The van der Waals surface area contributed by atoms with Crippen molar-refractivity contribution in [1.29, 1.82) is 0 Å². The van der Waals surface area contributed by atoms with Crippen molar-refractivity contribution in [1.82, 2.24) is 0 Å². The van der Waals surface area contributed by atoms with Crippen LogP contribution in [0.4, 0.5) is 0 Å². The Balaban J connectivity index is 0.000000420. The van der Waals surface area contributed by atoms with Crippen LogP contribution in [0.25, 0.3) is 12.2 Å². The third-order valence-corrected chi connectivity index (χ3v) is 7.36. The number of esters is 1. The van der Waals surface area contributed by atoms with Crippen molar-refractivity contribution >= 4 is 24.1 Å². The van der Waals surface area contributed by atoms with Crippen molar-refractivity contribution in [2.75, 3.05) is 6.61 Å². The topological polar surface area (TPSA) is 63.6 Å². The molecule has 2 rings (SSSR count). The Morgan fingerprint density at radius 1 is 0.810 bits per heavy atom. The molecule has 4 heteroatoms. The molecule has 2 aromatic rings. The zero-order valence-corrected chi connectivity index (χ0v) is 27.1. The van der Waals surface area contributed by atoms with Crippen LogP contribution in [0.1, 0.15) is 117 Å². The van der Waals surface area contributed by atoms with E-state index in [1.54, 1.807) is 6.08 Å². The van der Waals surface area contributed by atoms with Crippen LogP contribution in [0.3, 0.4) is 0 Å². The fourth-order valence-corrected chi connectivity index (χ4v) is 5.03. The summed E-state index contributed by atoms with van der Waals surface area (Å²) in [6, 6.07) is 19.5. The van der Waals surface area contributed by atoms with Crippen LogP contribution < -0.4 is 0 Å². The molecule has 0 spiro atoms. The summed E-state index contributed by atoms with van der Waals surface area (Å²) in [4.78, 5) is 23.2. The highest BCUT2D eigenvalue weighted by Crippen LogP contribution is 2.36. The Morgan fingerprint density at radius 2 is 1.38 bits per heavy atom. The van der Waals surface area contributed by atoms with E-state index in [1.807, 2.05) is 80.6 Å². The van der Waals surface area contributed by atoms with Crippen LogP contribution >= 0.6 is 0 Å². The number of aliphatic carboxylic acids is 1. The Labute approximate surface area is 256 Å². The molecule has 4 nitrogen and oxygen atoms in total. The van der Waals surface area contributed by atoms with Crippen LogP contribution in [0.2, 0.25) is 0 Å². The first-order chi connectivity index (χ1) is 20.0. The van der Waals surface area contributed by atoms with Crippen molar-refractivity contribution in [3.8, 4) is 0 Å². The van der Waals surface area contributed by atoms with Crippen LogP contribution in [0.5, 0.6) is 0 Å². The minimum absolute atomic E-state index is 0.251. The van der Waals surface area contributed by atoms with Crippen molar-refractivity contribution in [2.24, 2.45) is 17.3 Å². The Hall–Kier alpha value is -3.14. The fourth-order valence-electron chi connectivity index (χ4n) is 5.03. The number of rotatable bonds is 18. The number of carbonyl (C=O) groups is 2. The summed E-state index contributed by atoms with van der Waals surface area (Å²) in [5.74, 6) is 0.283. The van der Waals surface area contributed by atoms with E-state index in [0.717, 1.165) is 42.7 Å². The number of hydrogen-bond acceptors (Lipinski definition) is 3. The Kier molecular flexibility index (Phi) is 18.9. The first kappa shape index (κ1) is 36.9. The van der Waals surface area contributed by atoms with Gasteiger partial charge in [-0.3, -0.25) is 0 Å². The predicted molar refractivity (Wildman–Crippen MR) is 178 cm³/mol. The third-order valence-electron chi connectivity index (χ3n) is 7.36. The van der Waals surface area contributed by atoms with Crippen molar-refractivity contribution in [3.63, 3.8) is 0 Å². The summed E-state index contributed by atoms with van der Waals surface area (Å²) in [7, 11) is 0. The van der Waals surface area contributed by atoms with Gasteiger partial charge in [0.25, 0.3) is 0 Å². The number of ether oxygens (including phenoxy) is 1. The lowest BCUT2D eigenvalue weighted by Crippen LogP contribution is -2.23. The molecule has 0 saturated heterocycles.